The van der Waals surface area contributed by atoms with E-state index < -0.39 is 0 Å². The van der Waals surface area contributed by atoms with Gasteiger partial charge in [0.2, 0.25) is 5.91 Å². The predicted molar refractivity (Wildman–Crippen MR) is 74.9 cm³/mol. The molecule has 2 rings (SSSR count). The smallest absolute Gasteiger partial charge is 0.244 e. The average molecular weight is 268 g/mol. The molecule has 0 aromatic heterocycles. The summed E-state index contributed by atoms with van der Waals surface area (Å²) in [6.45, 7) is 4.64. The van der Waals surface area contributed by atoms with Gasteiger partial charge in [-0.2, -0.15) is 10.5 Å². The lowest BCUT2D eigenvalue weighted by Crippen LogP contribution is -2.41. The highest BCUT2D eigenvalue weighted by atomic mass is 16.2. The normalized spacial score (nSPS) is 18.1. The fourth-order valence-corrected chi connectivity index (χ4v) is 2.38. The summed E-state index contributed by atoms with van der Waals surface area (Å²) in [5, 5.41) is 21.2. The summed E-state index contributed by atoms with van der Waals surface area (Å²) in [7, 11) is 0. The first-order valence-corrected chi connectivity index (χ1v) is 6.58. The van der Waals surface area contributed by atoms with Gasteiger partial charge in [-0.25, -0.2) is 0 Å². The van der Waals surface area contributed by atoms with Crippen LogP contribution < -0.4 is 10.2 Å². The van der Waals surface area contributed by atoms with E-state index in [1.54, 1.807) is 23.1 Å². The van der Waals surface area contributed by atoms with Gasteiger partial charge in [0, 0.05) is 18.3 Å². The molecule has 1 aromatic carbocycles. The molecule has 1 aliphatic rings. The number of hydrogen-bond acceptors (Lipinski definition) is 4. The summed E-state index contributed by atoms with van der Waals surface area (Å²) in [6.07, 6.45) is 0.749. The lowest BCUT2D eigenvalue weighted by atomic mass is 10.1. The van der Waals surface area contributed by atoms with Gasteiger partial charge < -0.3 is 10.2 Å². The van der Waals surface area contributed by atoms with Gasteiger partial charge in [0.05, 0.1) is 17.2 Å². The Kier molecular flexibility index (Phi) is 4.02. The molecular formula is C15H16N4O. The van der Waals surface area contributed by atoms with Crippen LogP contribution >= 0.6 is 0 Å². The molecule has 1 unspecified atom stereocenters. The van der Waals surface area contributed by atoms with E-state index in [1.807, 2.05) is 26.0 Å². The van der Waals surface area contributed by atoms with Crippen molar-refractivity contribution < 1.29 is 4.79 Å². The minimum absolute atomic E-state index is 0.0206. The van der Waals surface area contributed by atoms with Gasteiger partial charge in [-0.3, -0.25) is 4.79 Å². The monoisotopic (exact) mass is 268 g/mol. The Morgan fingerprint density at radius 3 is 2.60 bits per heavy atom. The molecule has 0 bridgehead atoms. The molecule has 1 heterocycles. The summed E-state index contributed by atoms with van der Waals surface area (Å²) in [6, 6.07) is 8.95. The molecule has 1 saturated heterocycles. The van der Waals surface area contributed by atoms with E-state index in [-0.39, 0.29) is 18.0 Å². The molecule has 1 aliphatic heterocycles. The highest BCUT2D eigenvalue weighted by molar-refractivity contribution is 5.99. The first-order valence-electron chi connectivity index (χ1n) is 6.58. The standard InChI is InChI=1S/C15H16N4O/c1-10(2)18-14-5-6-19(15(14)20)13-4-3-11(8-16)12(7-13)9-17/h3-4,7,10,14,18H,5-6H2,1-2H3. The number of amides is 1. The van der Waals surface area contributed by atoms with Crippen molar-refractivity contribution in [3.8, 4) is 12.1 Å². The van der Waals surface area contributed by atoms with Crippen LogP contribution in [0.3, 0.4) is 0 Å². The summed E-state index contributed by atoms with van der Waals surface area (Å²) in [5.41, 5.74) is 1.32. The molecule has 1 amide bonds. The number of anilines is 1. The van der Waals surface area contributed by atoms with E-state index in [0.29, 0.717) is 23.4 Å². The highest BCUT2D eigenvalue weighted by Crippen LogP contribution is 2.24. The summed E-state index contributed by atoms with van der Waals surface area (Å²) >= 11 is 0. The van der Waals surface area contributed by atoms with Crippen molar-refractivity contribution in [2.75, 3.05) is 11.4 Å². The summed E-state index contributed by atoms with van der Waals surface area (Å²) in [4.78, 5) is 14.0. The third-order valence-electron chi connectivity index (χ3n) is 3.30. The zero-order valence-electron chi connectivity index (χ0n) is 11.6. The molecule has 20 heavy (non-hydrogen) atoms. The quantitative estimate of drug-likeness (QED) is 0.901. The number of nitrogens with one attached hydrogen (secondary N) is 1. The van der Waals surface area contributed by atoms with Crippen LogP contribution in [0.5, 0.6) is 0 Å². The van der Waals surface area contributed by atoms with E-state index in [2.05, 4.69) is 5.32 Å². The third-order valence-corrected chi connectivity index (χ3v) is 3.30. The van der Waals surface area contributed by atoms with Crippen LogP contribution in [0.25, 0.3) is 0 Å². The van der Waals surface area contributed by atoms with Gasteiger partial charge >= 0.3 is 0 Å². The van der Waals surface area contributed by atoms with Crippen molar-refractivity contribution >= 4 is 11.6 Å². The lowest BCUT2D eigenvalue weighted by molar-refractivity contribution is -0.118. The number of carbonyl (C=O) groups is 1. The van der Waals surface area contributed by atoms with Crippen molar-refractivity contribution in [2.45, 2.75) is 32.4 Å². The minimum Gasteiger partial charge on any atom is -0.311 e. The minimum atomic E-state index is -0.170. The second kappa shape index (κ2) is 5.73. The Bertz CT molecular complexity index is 609. The molecule has 1 atom stereocenters. The van der Waals surface area contributed by atoms with Crippen LogP contribution in [0.4, 0.5) is 5.69 Å². The molecule has 1 aromatic rings. The number of rotatable bonds is 3. The van der Waals surface area contributed by atoms with Crippen molar-refractivity contribution in [3.05, 3.63) is 29.3 Å². The second-order valence-corrected chi connectivity index (χ2v) is 5.11. The SMILES string of the molecule is CC(C)NC1CCN(c2ccc(C#N)c(C#N)c2)C1=O. The van der Waals surface area contributed by atoms with Crippen LogP contribution in [0, 0.1) is 22.7 Å². The maximum absolute atomic E-state index is 12.3. The molecule has 0 spiro atoms. The number of nitrogens with zero attached hydrogens (tertiary/aromatic N) is 3. The topological polar surface area (TPSA) is 79.9 Å². The first-order chi connectivity index (χ1) is 9.56. The Labute approximate surface area is 118 Å². The van der Waals surface area contributed by atoms with Gasteiger partial charge in [-0.05, 0) is 24.6 Å². The van der Waals surface area contributed by atoms with E-state index >= 15 is 0 Å². The molecule has 102 valence electrons. The summed E-state index contributed by atoms with van der Waals surface area (Å²) in [5.74, 6) is 0.0206. The number of hydrogen-bond donors (Lipinski definition) is 1. The Morgan fingerprint density at radius 1 is 1.30 bits per heavy atom. The number of nitriles is 2. The number of benzene rings is 1. The molecular weight excluding hydrogens is 252 g/mol. The molecule has 1 fully saturated rings. The van der Waals surface area contributed by atoms with Crippen LogP contribution in [-0.4, -0.2) is 24.5 Å². The second-order valence-electron chi connectivity index (χ2n) is 5.11. The van der Waals surface area contributed by atoms with Gasteiger partial charge in [0.15, 0.2) is 0 Å². The average Bonchev–Trinajstić information content (AvgIpc) is 2.79. The zero-order chi connectivity index (χ0) is 14.7. The molecule has 0 radical (unpaired) electrons. The summed E-state index contributed by atoms with van der Waals surface area (Å²) < 4.78 is 0. The molecule has 5 nitrogen and oxygen atoms in total. The predicted octanol–water partition coefficient (Wildman–Crippen LogP) is 1.53. The van der Waals surface area contributed by atoms with E-state index in [0.717, 1.165) is 6.42 Å². The fourth-order valence-electron chi connectivity index (χ4n) is 2.38. The molecule has 0 aliphatic carbocycles. The maximum Gasteiger partial charge on any atom is 0.244 e. The van der Waals surface area contributed by atoms with Crippen LogP contribution in [0.1, 0.15) is 31.4 Å². The Morgan fingerprint density at radius 2 is 2.00 bits per heavy atom. The van der Waals surface area contributed by atoms with E-state index in [4.69, 9.17) is 10.5 Å². The molecule has 1 N–H and O–H groups in total. The maximum atomic E-state index is 12.3. The fraction of sp³-hybridized carbons (Fsp3) is 0.400. The van der Waals surface area contributed by atoms with Crippen molar-refractivity contribution in [3.63, 3.8) is 0 Å². The lowest BCUT2D eigenvalue weighted by Gasteiger charge is -2.18. The van der Waals surface area contributed by atoms with Crippen LogP contribution in [0.2, 0.25) is 0 Å². The van der Waals surface area contributed by atoms with Crippen molar-refractivity contribution in [2.24, 2.45) is 0 Å². The first kappa shape index (κ1) is 14.0. The molecule has 5 heteroatoms. The van der Waals surface area contributed by atoms with Crippen molar-refractivity contribution in [1.82, 2.24) is 5.32 Å². The Balaban J connectivity index is 2.24. The van der Waals surface area contributed by atoms with Gasteiger partial charge in [0.25, 0.3) is 0 Å². The largest absolute Gasteiger partial charge is 0.311 e. The van der Waals surface area contributed by atoms with Gasteiger partial charge in [0.1, 0.15) is 12.1 Å². The van der Waals surface area contributed by atoms with Gasteiger partial charge in [-0.15, -0.1) is 0 Å². The van der Waals surface area contributed by atoms with Gasteiger partial charge in [-0.1, -0.05) is 13.8 Å². The van der Waals surface area contributed by atoms with Crippen LogP contribution in [0.15, 0.2) is 18.2 Å². The van der Waals surface area contributed by atoms with Crippen molar-refractivity contribution in [1.29, 1.82) is 10.5 Å². The van der Waals surface area contributed by atoms with E-state index in [1.165, 1.54) is 0 Å². The van der Waals surface area contributed by atoms with Crippen LogP contribution in [-0.2, 0) is 4.79 Å². The zero-order valence-corrected chi connectivity index (χ0v) is 11.6. The number of carbonyl (C=O) groups excluding carboxylic acids is 1. The Hall–Kier alpha value is -2.37. The molecule has 0 saturated carbocycles. The third kappa shape index (κ3) is 2.64. The van der Waals surface area contributed by atoms with E-state index in [9.17, 15) is 4.79 Å². The highest BCUT2D eigenvalue weighted by Gasteiger charge is 2.32.